The van der Waals surface area contributed by atoms with Crippen LogP contribution in [0.2, 0.25) is 0 Å². The molecule has 2 aliphatic rings. The van der Waals surface area contributed by atoms with Crippen LogP contribution in [-0.4, -0.2) is 110 Å². The minimum absolute atomic E-state index is 0.238. The quantitative estimate of drug-likeness (QED) is 0.0985. The van der Waals surface area contributed by atoms with E-state index in [0.29, 0.717) is 52.2 Å². The maximum Gasteiger partial charge on any atom is 0.407 e. The topological polar surface area (TPSA) is 238 Å². The molecule has 19 heteroatoms. The fourth-order valence-corrected chi connectivity index (χ4v) is 4.75. The molecule has 2 aliphatic heterocycles. The Morgan fingerprint density at radius 2 is 0.875 bits per heavy atom. The number of hydrogen-bond acceptors (Lipinski definition) is 12. The van der Waals surface area contributed by atoms with E-state index in [1.54, 1.807) is 0 Å². The van der Waals surface area contributed by atoms with Crippen LogP contribution in [0.5, 0.6) is 0 Å². The first-order valence-electron chi connectivity index (χ1n) is 15.5. The molecule has 0 saturated carbocycles. The van der Waals surface area contributed by atoms with E-state index in [1.165, 1.54) is 24.3 Å². The Labute approximate surface area is 273 Å². The largest absolute Gasteiger partial charge is 0.448 e. The molecule has 262 valence electrons. The van der Waals surface area contributed by atoms with E-state index >= 15 is 0 Å². The zero-order chi connectivity index (χ0) is 35.1. The van der Waals surface area contributed by atoms with Crippen molar-refractivity contribution >= 4 is 35.8 Å². The predicted molar refractivity (Wildman–Crippen MR) is 164 cm³/mol. The molecule has 0 saturated heterocycles. The highest BCUT2D eigenvalue weighted by atomic mass is 16.6. The lowest BCUT2D eigenvalue weighted by atomic mass is 10.2. The minimum Gasteiger partial charge on any atom is -0.448 e. The fraction of sp³-hybridized carbons (Fsp3) is 0.552. The van der Waals surface area contributed by atoms with Crippen LogP contribution < -0.4 is 27.7 Å². The van der Waals surface area contributed by atoms with Gasteiger partial charge in [0.05, 0.1) is 26.2 Å². The molecule has 3 N–H and O–H groups in total. The van der Waals surface area contributed by atoms with Crippen molar-refractivity contribution in [3.63, 3.8) is 0 Å². The number of carbonyl (C=O) groups excluding carboxylic acids is 6. The third-order valence-corrected chi connectivity index (χ3v) is 7.26. The number of alkyl carbamates (subject to hydrolysis) is 2. The van der Waals surface area contributed by atoms with Gasteiger partial charge in [0.2, 0.25) is 0 Å². The maximum atomic E-state index is 13.0. The summed E-state index contributed by atoms with van der Waals surface area (Å²) in [6.45, 7) is -1.57. The van der Waals surface area contributed by atoms with Gasteiger partial charge in [-0.05, 0) is 38.5 Å². The first-order chi connectivity index (χ1) is 23.0. The molecule has 19 nitrogen and oxygen atoms in total. The van der Waals surface area contributed by atoms with Crippen LogP contribution in [0.15, 0.2) is 38.7 Å². The second kappa shape index (κ2) is 18.7. The van der Waals surface area contributed by atoms with E-state index in [-0.39, 0.29) is 49.8 Å². The monoisotopic (exact) mass is 677 g/mol. The van der Waals surface area contributed by atoms with Crippen molar-refractivity contribution in [3.05, 3.63) is 55.8 Å². The van der Waals surface area contributed by atoms with Gasteiger partial charge in [-0.15, -0.1) is 0 Å². The molecule has 6 amide bonds. The Morgan fingerprint density at radius 3 is 1.23 bits per heavy atom. The highest BCUT2D eigenvalue weighted by Gasteiger charge is 2.23. The lowest BCUT2D eigenvalue weighted by molar-refractivity contribution is -0.138. The number of aromatic nitrogens is 3. The van der Waals surface area contributed by atoms with Crippen LogP contribution in [0, 0.1) is 0 Å². The number of aliphatic hydroxyl groups excluding tert-OH is 1. The normalized spacial score (nSPS) is 13.9. The van der Waals surface area contributed by atoms with Crippen LogP contribution in [0.4, 0.5) is 9.59 Å². The minimum atomic E-state index is -1.03. The molecule has 0 aromatic carbocycles. The van der Waals surface area contributed by atoms with Crippen molar-refractivity contribution in [3.8, 4) is 0 Å². The second-order valence-electron chi connectivity index (χ2n) is 10.6. The molecule has 0 radical (unpaired) electrons. The summed E-state index contributed by atoms with van der Waals surface area (Å²) in [7, 11) is 0. The summed E-state index contributed by atoms with van der Waals surface area (Å²) in [6.07, 6.45) is 6.64. The van der Waals surface area contributed by atoms with Gasteiger partial charge < -0.3 is 25.2 Å². The maximum absolute atomic E-state index is 13.0. The van der Waals surface area contributed by atoms with Crippen molar-refractivity contribution in [1.82, 2.24) is 34.1 Å². The molecule has 0 fully saturated rings. The summed E-state index contributed by atoms with van der Waals surface area (Å²) < 4.78 is 12.0. The molecule has 0 atom stereocenters. The molecule has 1 aromatic heterocycles. The zero-order valence-electron chi connectivity index (χ0n) is 26.3. The van der Waals surface area contributed by atoms with Gasteiger partial charge >= 0.3 is 29.3 Å². The molecule has 0 unspecified atom stereocenters. The Balaban J connectivity index is 1.39. The number of ether oxygens (including phenoxy) is 2. The Hall–Kier alpha value is -5.33. The standard InChI is InChI=1S/C29H39N7O12/c37-18-15-34-27(44)35(16-19-47-25(42)30-11-3-1-5-13-32-21(38)7-8-22(32)39)29(46)36(28(34)45)17-20-48-26(43)31-12-4-2-6-14-33-23(40)9-10-24(33)41/h7-10,37H,1-6,11-20H2,(H,30,42)(H,31,43). The first-order valence-corrected chi connectivity index (χ1v) is 15.5. The lowest BCUT2D eigenvalue weighted by Gasteiger charge is -2.14. The SMILES string of the molecule is O=C(NCCCCCN1C(=O)C=CC1=O)OCCn1c(=O)n(CCO)c(=O)n(CCOC(=O)NCCCCCN2C(=O)C=CC2=O)c1=O. The molecule has 3 heterocycles. The van der Waals surface area contributed by atoms with Crippen LogP contribution in [0.25, 0.3) is 0 Å². The first kappa shape index (κ1) is 37.1. The van der Waals surface area contributed by atoms with E-state index in [1.807, 2.05) is 0 Å². The third-order valence-electron chi connectivity index (χ3n) is 7.26. The van der Waals surface area contributed by atoms with Gasteiger partial charge in [0.1, 0.15) is 13.2 Å². The van der Waals surface area contributed by atoms with Gasteiger partial charge in [-0.1, -0.05) is 0 Å². The summed E-state index contributed by atoms with van der Waals surface area (Å²) in [5.74, 6) is -1.43. The number of unbranched alkanes of at least 4 members (excludes halogenated alkanes) is 4. The van der Waals surface area contributed by atoms with E-state index in [0.717, 1.165) is 9.80 Å². The summed E-state index contributed by atoms with van der Waals surface area (Å²) >= 11 is 0. The van der Waals surface area contributed by atoms with Crippen molar-refractivity contribution in [1.29, 1.82) is 0 Å². The van der Waals surface area contributed by atoms with Gasteiger partial charge in [0.25, 0.3) is 23.6 Å². The third kappa shape index (κ3) is 10.6. The molecule has 48 heavy (non-hydrogen) atoms. The average Bonchev–Trinajstić information content (AvgIpc) is 3.55. The Bertz CT molecular complexity index is 1460. The summed E-state index contributed by atoms with van der Waals surface area (Å²) in [6, 6.07) is 0. The molecule has 0 bridgehead atoms. The Kier molecular flexibility index (Phi) is 14.5. The number of hydrogen-bond donors (Lipinski definition) is 3. The van der Waals surface area contributed by atoms with E-state index in [4.69, 9.17) is 9.47 Å². The van der Waals surface area contributed by atoms with E-state index < -0.39 is 68.7 Å². The van der Waals surface area contributed by atoms with E-state index in [9.17, 15) is 48.3 Å². The van der Waals surface area contributed by atoms with Gasteiger partial charge in [0.15, 0.2) is 0 Å². The van der Waals surface area contributed by atoms with Crippen molar-refractivity contribution < 1.29 is 43.3 Å². The van der Waals surface area contributed by atoms with Gasteiger partial charge in [0, 0.05) is 50.5 Å². The van der Waals surface area contributed by atoms with Crippen LogP contribution in [0.3, 0.4) is 0 Å². The van der Waals surface area contributed by atoms with Crippen molar-refractivity contribution in [2.75, 3.05) is 46.0 Å². The predicted octanol–water partition coefficient (Wildman–Crippen LogP) is -2.19. The van der Waals surface area contributed by atoms with Gasteiger partial charge in [-0.25, -0.2) is 37.7 Å². The number of imide groups is 2. The lowest BCUT2D eigenvalue weighted by Crippen LogP contribution is -2.55. The van der Waals surface area contributed by atoms with Crippen molar-refractivity contribution in [2.24, 2.45) is 0 Å². The number of amides is 6. The van der Waals surface area contributed by atoms with Crippen LogP contribution >= 0.6 is 0 Å². The van der Waals surface area contributed by atoms with Crippen LogP contribution in [-0.2, 0) is 48.3 Å². The number of rotatable bonds is 20. The molecule has 0 spiro atoms. The fourth-order valence-electron chi connectivity index (χ4n) is 4.75. The van der Waals surface area contributed by atoms with Gasteiger partial charge in [-0.2, -0.15) is 0 Å². The van der Waals surface area contributed by atoms with Crippen LogP contribution in [0.1, 0.15) is 38.5 Å². The molecular formula is C29H39N7O12. The Morgan fingerprint density at radius 1 is 0.521 bits per heavy atom. The second-order valence-corrected chi connectivity index (χ2v) is 10.6. The zero-order valence-corrected chi connectivity index (χ0v) is 26.3. The summed E-state index contributed by atoms with van der Waals surface area (Å²) in [5.41, 5.74) is -3.06. The van der Waals surface area contributed by atoms with E-state index in [2.05, 4.69) is 10.6 Å². The summed E-state index contributed by atoms with van der Waals surface area (Å²) in [4.78, 5) is 111. The number of nitrogens with zero attached hydrogens (tertiary/aromatic N) is 5. The molecular weight excluding hydrogens is 638 g/mol. The molecule has 0 aliphatic carbocycles. The average molecular weight is 678 g/mol. The number of nitrogens with one attached hydrogen (secondary N) is 2. The summed E-state index contributed by atoms with van der Waals surface area (Å²) in [5, 5.41) is 14.3. The molecule has 3 rings (SSSR count). The highest BCUT2D eigenvalue weighted by Crippen LogP contribution is 2.07. The highest BCUT2D eigenvalue weighted by molar-refractivity contribution is 6.13. The number of aliphatic hydroxyl groups is 1. The number of carbonyl (C=O) groups is 6. The van der Waals surface area contributed by atoms with Crippen molar-refractivity contribution in [2.45, 2.75) is 58.2 Å². The van der Waals surface area contributed by atoms with Gasteiger partial charge in [-0.3, -0.25) is 29.0 Å². The molecule has 1 aromatic rings. The smallest absolute Gasteiger partial charge is 0.407 e.